The second-order valence-corrected chi connectivity index (χ2v) is 8.20. The molecule has 0 saturated carbocycles. The van der Waals surface area contributed by atoms with Crippen molar-refractivity contribution in [3.05, 3.63) is 0 Å². The standard InChI is InChI=1S/C20H30O12/c1-8(21)26-13-14(12-11(24-6)17-19(30-12)32-20(4,5)31-17)29-18(25-7)16(28-10(3)23)15(13)27-9(2)22/h11-19H,1-7H3/t11-,12-,13+,14+,15-,16-,17+,18+,19+/m0/s1. The van der Waals surface area contributed by atoms with Gasteiger partial charge >= 0.3 is 17.9 Å². The zero-order valence-electron chi connectivity index (χ0n) is 19.1. The van der Waals surface area contributed by atoms with E-state index in [9.17, 15) is 14.4 Å². The molecule has 3 heterocycles. The maximum atomic E-state index is 11.9. The number of fused-ring (bicyclic) bond motifs is 1. The minimum absolute atomic E-state index is 0.582. The summed E-state index contributed by atoms with van der Waals surface area (Å²) < 4.78 is 51.0. The minimum Gasteiger partial charge on any atom is -0.456 e. The van der Waals surface area contributed by atoms with Crippen molar-refractivity contribution in [2.24, 2.45) is 0 Å². The quantitative estimate of drug-likeness (QED) is 0.390. The number of hydrogen-bond acceptors (Lipinski definition) is 12. The molecule has 9 atom stereocenters. The van der Waals surface area contributed by atoms with E-state index >= 15 is 0 Å². The molecule has 0 aromatic rings. The Hall–Kier alpha value is -1.83. The first kappa shape index (κ1) is 24.8. The third kappa shape index (κ3) is 5.05. The van der Waals surface area contributed by atoms with E-state index in [0.717, 1.165) is 0 Å². The van der Waals surface area contributed by atoms with Gasteiger partial charge < -0.3 is 42.6 Å². The number of hydrogen-bond donors (Lipinski definition) is 0. The summed E-state index contributed by atoms with van der Waals surface area (Å²) in [7, 11) is 2.81. The smallest absolute Gasteiger partial charge is 0.303 e. The van der Waals surface area contributed by atoms with Crippen molar-refractivity contribution in [3.63, 3.8) is 0 Å². The lowest BCUT2D eigenvalue weighted by Gasteiger charge is -2.46. The summed E-state index contributed by atoms with van der Waals surface area (Å²) in [5, 5.41) is 0. The van der Waals surface area contributed by atoms with Gasteiger partial charge in [-0.05, 0) is 13.8 Å². The highest BCUT2D eigenvalue weighted by Gasteiger charge is 2.62. The molecule has 0 N–H and O–H groups in total. The molecule has 0 bridgehead atoms. The molecule has 0 aromatic heterocycles. The molecule has 0 amide bonds. The lowest BCUT2D eigenvalue weighted by atomic mass is 9.91. The molecule has 3 rings (SSSR count). The number of esters is 3. The number of methoxy groups -OCH3 is 2. The van der Waals surface area contributed by atoms with Gasteiger partial charge in [0.15, 0.2) is 36.7 Å². The molecule has 0 aromatic carbocycles. The SMILES string of the molecule is CO[C@@H]1O[C@H]([C@H]2O[C@@H]3OC(C)(C)O[C@@H]3[C@H]2OC)[C@@H](OC(C)=O)[C@H](OC(C)=O)[C@@H]1OC(C)=O. The highest BCUT2D eigenvalue weighted by molar-refractivity contribution is 5.68. The second kappa shape index (κ2) is 9.57. The number of carbonyl (C=O) groups excluding carboxylic acids is 3. The van der Waals surface area contributed by atoms with Gasteiger partial charge in [-0.2, -0.15) is 0 Å². The van der Waals surface area contributed by atoms with Crippen LogP contribution >= 0.6 is 0 Å². The molecule has 3 aliphatic rings. The van der Waals surface area contributed by atoms with Gasteiger partial charge in [0, 0.05) is 35.0 Å². The van der Waals surface area contributed by atoms with Crippen molar-refractivity contribution in [1.29, 1.82) is 0 Å². The van der Waals surface area contributed by atoms with Gasteiger partial charge in [0.25, 0.3) is 0 Å². The van der Waals surface area contributed by atoms with Crippen LogP contribution in [0.3, 0.4) is 0 Å². The van der Waals surface area contributed by atoms with Crippen LogP contribution < -0.4 is 0 Å². The fraction of sp³-hybridized carbons (Fsp3) is 0.850. The van der Waals surface area contributed by atoms with Gasteiger partial charge in [0.1, 0.15) is 24.4 Å². The summed E-state index contributed by atoms with van der Waals surface area (Å²) in [6.45, 7) is 7.05. The Morgan fingerprint density at radius 3 is 1.72 bits per heavy atom. The van der Waals surface area contributed by atoms with Crippen molar-refractivity contribution in [2.45, 2.75) is 95.7 Å². The highest BCUT2D eigenvalue weighted by atomic mass is 16.8. The summed E-state index contributed by atoms with van der Waals surface area (Å²) in [5.41, 5.74) is 0. The van der Waals surface area contributed by atoms with E-state index in [1.165, 1.54) is 35.0 Å². The van der Waals surface area contributed by atoms with Crippen LogP contribution in [0, 0.1) is 0 Å². The predicted octanol–water partition coefficient (Wildman–Crippen LogP) is 0.0442. The summed E-state index contributed by atoms with van der Waals surface area (Å²) in [6, 6.07) is 0. The van der Waals surface area contributed by atoms with Crippen LogP contribution in [0.2, 0.25) is 0 Å². The molecule has 12 nitrogen and oxygen atoms in total. The van der Waals surface area contributed by atoms with Crippen LogP contribution in [-0.4, -0.2) is 93.2 Å². The molecular weight excluding hydrogens is 432 g/mol. The molecule has 3 aliphatic heterocycles. The van der Waals surface area contributed by atoms with Crippen molar-refractivity contribution in [1.82, 2.24) is 0 Å². The van der Waals surface area contributed by atoms with E-state index in [0.29, 0.717) is 0 Å². The van der Waals surface area contributed by atoms with Crippen LogP contribution in [0.1, 0.15) is 34.6 Å². The lowest BCUT2D eigenvalue weighted by molar-refractivity contribution is -0.323. The molecule has 3 fully saturated rings. The molecular formula is C20H30O12. The molecule has 32 heavy (non-hydrogen) atoms. The molecule has 0 radical (unpaired) electrons. The van der Waals surface area contributed by atoms with E-state index in [-0.39, 0.29) is 0 Å². The van der Waals surface area contributed by atoms with Crippen LogP contribution in [0.25, 0.3) is 0 Å². The fourth-order valence-electron chi connectivity index (χ4n) is 4.30. The first-order chi connectivity index (χ1) is 15.0. The summed E-state index contributed by atoms with van der Waals surface area (Å²) in [6.07, 6.45) is -8.71. The molecule has 0 spiro atoms. The first-order valence-electron chi connectivity index (χ1n) is 10.2. The van der Waals surface area contributed by atoms with Crippen molar-refractivity contribution < 1.29 is 57.0 Å². The van der Waals surface area contributed by atoms with E-state index in [1.54, 1.807) is 13.8 Å². The summed E-state index contributed by atoms with van der Waals surface area (Å²) >= 11 is 0. The van der Waals surface area contributed by atoms with Crippen molar-refractivity contribution >= 4 is 17.9 Å². The number of carbonyl (C=O) groups is 3. The van der Waals surface area contributed by atoms with E-state index in [2.05, 4.69) is 0 Å². The van der Waals surface area contributed by atoms with Gasteiger partial charge in [0.2, 0.25) is 0 Å². The normalized spacial score (nSPS) is 40.4. The van der Waals surface area contributed by atoms with Crippen LogP contribution in [0.4, 0.5) is 0 Å². The Balaban J connectivity index is 1.96. The monoisotopic (exact) mass is 462 g/mol. The third-order valence-electron chi connectivity index (χ3n) is 5.29. The molecule has 3 saturated heterocycles. The lowest BCUT2D eigenvalue weighted by Crippen LogP contribution is -2.65. The first-order valence-corrected chi connectivity index (χ1v) is 10.2. The largest absolute Gasteiger partial charge is 0.456 e. The Bertz CT molecular complexity index is 723. The van der Waals surface area contributed by atoms with Crippen molar-refractivity contribution in [2.75, 3.05) is 14.2 Å². The van der Waals surface area contributed by atoms with E-state index in [4.69, 9.17) is 42.6 Å². The van der Waals surface area contributed by atoms with Crippen LogP contribution in [0.15, 0.2) is 0 Å². The Morgan fingerprint density at radius 2 is 1.19 bits per heavy atom. The zero-order valence-corrected chi connectivity index (χ0v) is 19.1. The maximum Gasteiger partial charge on any atom is 0.303 e. The van der Waals surface area contributed by atoms with Gasteiger partial charge in [0.05, 0.1) is 0 Å². The highest BCUT2D eigenvalue weighted by Crippen LogP contribution is 2.42. The van der Waals surface area contributed by atoms with Gasteiger partial charge in [-0.25, -0.2) is 0 Å². The predicted molar refractivity (Wildman–Crippen MR) is 102 cm³/mol. The van der Waals surface area contributed by atoms with Gasteiger partial charge in [-0.15, -0.1) is 0 Å². The van der Waals surface area contributed by atoms with E-state index in [1.807, 2.05) is 0 Å². The Labute approximate surface area is 185 Å². The number of rotatable bonds is 6. The van der Waals surface area contributed by atoms with Gasteiger partial charge in [-0.3, -0.25) is 14.4 Å². The van der Waals surface area contributed by atoms with Crippen molar-refractivity contribution in [3.8, 4) is 0 Å². The fourth-order valence-corrected chi connectivity index (χ4v) is 4.30. The second-order valence-electron chi connectivity index (χ2n) is 8.20. The van der Waals surface area contributed by atoms with E-state index < -0.39 is 79.0 Å². The number of ether oxygens (including phenoxy) is 9. The molecule has 0 aliphatic carbocycles. The summed E-state index contributed by atoms with van der Waals surface area (Å²) in [4.78, 5) is 35.5. The minimum atomic E-state index is -1.23. The van der Waals surface area contributed by atoms with Crippen LogP contribution in [0.5, 0.6) is 0 Å². The molecule has 12 heteroatoms. The average molecular weight is 462 g/mol. The Morgan fingerprint density at radius 1 is 0.656 bits per heavy atom. The summed E-state index contributed by atoms with van der Waals surface area (Å²) in [5.74, 6) is -2.89. The molecule has 182 valence electrons. The Kier molecular flexibility index (Phi) is 7.42. The third-order valence-corrected chi connectivity index (χ3v) is 5.29. The van der Waals surface area contributed by atoms with Gasteiger partial charge in [-0.1, -0.05) is 0 Å². The maximum absolute atomic E-state index is 11.9. The topological polar surface area (TPSA) is 134 Å². The van der Waals surface area contributed by atoms with Crippen LogP contribution in [-0.2, 0) is 57.0 Å². The molecule has 0 unspecified atom stereocenters. The average Bonchev–Trinajstić information content (AvgIpc) is 3.14. The zero-order chi connectivity index (χ0) is 23.8.